The van der Waals surface area contributed by atoms with Crippen LogP contribution in [0.1, 0.15) is 19.4 Å². The van der Waals surface area contributed by atoms with E-state index in [2.05, 4.69) is 5.32 Å². The highest BCUT2D eigenvalue weighted by molar-refractivity contribution is 5.90. The number of anilines is 1. The van der Waals surface area contributed by atoms with Crippen molar-refractivity contribution in [2.75, 3.05) is 19.5 Å². The standard InChI is InChI=1S/C15H19F5N2O3/c1-8-6-9(7-10(24-4)11(8)25-5)21-12(23)22-13(2,14(3,16)17)15(18,19)20/h6-7H,1-5H3,(H2,21,22,23). The third kappa shape index (κ3) is 4.23. The Morgan fingerprint density at radius 3 is 2.00 bits per heavy atom. The molecule has 0 aliphatic carbocycles. The molecule has 1 atom stereocenters. The Kier molecular flexibility index (Phi) is 5.76. The molecule has 0 bridgehead atoms. The normalized spacial score (nSPS) is 14.5. The molecule has 0 aromatic heterocycles. The Morgan fingerprint density at radius 2 is 1.60 bits per heavy atom. The van der Waals surface area contributed by atoms with Crippen molar-refractivity contribution >= 4 is 11.7 Å². The van der Waals surface area contributed by atoms with Gasteiger partial charge in [0.1, 0.15) is 0 Å². The van der Waals surface area contributed by atoms with Crippen LogP contribution in [0.2, 0.25) is 0 Å². The van der Waals surface area contributed by atoms with Gasteiger partial charge in [0.15, 0.2) is 17.0 Å². The quantitative estimate of drug-likeness (QED) is 0.767. The summed E-state index contributed by atoms with van der Waals surface area (Å²) in [5.74, 6) is -3.65. The van der Waals surface area contributed by atoms with Crippen molar-refractivity contribution in [2.24, 2.45) is 0 Å². The third-order valence-electron chi connectivity index (χ3n) is 3.73. The zero-order valence-corrected chi connectivity index (χ0v) is 14.3. The molecule has 142 valence electrons. The van der Waals surface area contributed by atoms with Crippen LogP contribution in [0, 0.1) is 6.92 Å². The summed E-state index contributed by atoms with van der Waals surface area (Å²) in [6.07, 6.45) is -5.36. The van der Waals surface area contributed by atoms with Gasteiger partial charge in [0.05, 0.1) is 14.2 Å². The fraction of sp³-hybridized carbons (Fsp3) is 0.533. The first kappa shape index (κ1) is 20.8. The van der Waals surface area contributed by atoms with E-state index >= 15 is 0 Å². The van der Waals surface area contributed by atoms with E-state index in [1.54, 1.807) is 6.92 Å². The molecule has 0 fully saturated rings. The van der Waals surface area contributed by atoms with Gasteiger partial charge >= 0.3 is 12.2 Å². The van der Waals surface area contributed by atoms with E-state index in [0.29, 0.717) is 11.3 Å². The van der Waals surface area contributed by atoms with Crippen molar-refractivity contribution in [1.29, 1.82) is 0 Å². The maximum atomic E-state index is 13.4. The predicted molar refractivity (Wildman–Crippen MR) is 81.5 cm³/mol. The van der Waals surface area contributed by atoms with Crippen LogP contribution in [0.25, 0.3) is 0 Å². The van der Waals surface area contributed by atoms with Crippen LogP contribution >= 0.6 is 0 Å². The van der Waals surface area contributed by atoms with Gasteiger partial charge < -0.3 is 20.1 Å². The third-order valence-corrected chi connectivity index (χ3v) is 3.73. The Morgan fingerprint density at radius 1 is 1.04 bits per heavy atom. The summed E-state index contributed by atoms with van der Waals surface area (Å²) in [5.41, 5.74) is -3.16. The highest BCUT2D eigenvalue weighted by Crippen LogP contribution is 2.41. The number of methoxy groups -OCH3 is 2. The number of amides is 2. The summed E-state index contributed by atoms with van der Waals surface area (Å²) >= 11 is 0. The predicted octanol–water partition coefficient (Wildman–Crippen LogP) is 4.11. The maximum absolute atomic E-state index is 13.4. The molecule has 0 saturated heterocycles. The van der Waals surface area contributed by atoms with Gasteiger partial charge in [-0.05, 0) is 25.5 Å². The van der Waals surface area contributed by atoms with Crippen molar-refractivity contribution < 1.29 is 36.2 Å². The molecule has 1 rings (SSSR count). The molecule has 0 saturated carbocycles. The largest absolute Gasteiger partial charge is 0.493 e. The van der Waals surface area contributed by atoms with E-state index in [1.807, 2.05) is 0 Å². The number of ether oxygens (including phenoxy) is 2. The van der Waals surface area contributed by atoms with Gasteiger partial charge in [-0.3, -0.25) is 0 Å². The van der Waals surface area contributed by atoms with E-state index in [4.69, 9.17) is 9.47 Å². The molecule has 0 aliphatic heterocycles. The van der Waals surface area contributed by atoms with Gasteiger partial charge in [-0.15, -0.1) is 0 Å². The molecule has 0 spiro atoms. The van der Waals surface area contributed by atoms with E-state index in [0.717, 1.165) is 0 Å². The van der Waals surface area contributed by atoms with E-state index < -0.39 is 23.7 Å². The number of alkyl halides is 5. The van der Waals surface area contributed by atoms with Crippen LogP contribution in [-0.2, 0) is 0 Å². The van der Waals surface area contributed by atoms with Gasteiger partial charge in [-0.2, -0.15) is 13.2 Å². The summed E-state index contributed by atoms with van der Waals surface area (Å²) in [7, 11) is 2.72. The zero-order valence-electron chi connectivity index (χ0n) is 14.3. The molecule has 5 nitrogen and oxygen atoms in total. The molecule has 0 radical (unpaired) electrons. The molecule has 25 heavy (non-hydrogen) atoms. The van der Waals surface area contributed by atoms with Gasteiger partial charge in [-0.25, -0.2) is 13.6 Å². The summed E-state index contributed by atoms with van der Waals surface area (Å²) in [6.45, 7) is 1.91. The van der Waals surface area contributed by atoms with Crippen LogP contribution in [0.15, 0.2) is 12.1 Å². The number of halogens is 5. The number of hydrogen-bond donors (Lipinski definition) is 2. The van der Waals surface area contributed by atoms with Crippen molar-refractivity contribution in [1.82, 2.24) is 5.32 Å². The lowest BCUT2D eigenvalue weighted by molar-refractivity contribution is -0.249. The number of nitrogens with one attached hydrogen (secondary N) is 2. The number of aryl methyl sites for hydroxylation is 1. The molecule has 0 heterocycles. The minimum Gasteiger partial charge on any atom is -0.493 e. The van der Waals surface area contributed by atoms with Crippen LogP contribution < -0.4 is 20.1 Å². The highest BCUT2D eigenvalue weighted by Gasteiger charge is 2.65. The number of carbonyl (C=O) groups excluding carboxylic acids is 1. The van der Waals surface area contributed by atoms with Crippen LogP contribution in [0.4, 0.5) is 32.4 Å². The van der Waals surface area contributed by atoms with Gasteiger partial charge in [0, 0.05) is 18.7 Å². The van der Waals surface area contributed by atoms with E-state index in [9.17, 15) is 26.7 Å². The second-order valence-corrected chi connectivity index (χ2v) is 5.62. The molecule has 0 aliphatic rings. The number of rotatable bonds is 5. The molecule has 2 amide bonds. The number of hydrogen-bond acceptors (Lipinski definition) is 3. The molecule has 1 aromatic rings. The first-order valence-corrected chi connectivity index (χ1v) is 7.03. The smallest absolute Gasteiger partial charge is 0.417 e. The molecule has 1 aromatic carbocycles. The van der Waals surface area contributed by atoms with E-state index in [-0.39, 0.29) is 25.3 Å². The van der Waals surface area contributed by atoms with Crippen LogP contribution in [-0.4, -0.2) is 37.9 Å². The lowest BCUT2D eigenvalue weighted by Gasteiger charge is -2.37. The van der Waals surface area contributed by atoms with Crippen molar-refractivity contribution in [3.63, 3.8) is 0 Å². The minimum absolute atomic E-state index is 0.0524. The molecular formula is C15H19F5N2O3. The lowest BCUT2D eigenvalue weighted by atomic mass is 9.94. The summed E-state index contributed by atoms with van der Waals surface area (Å²) in [5, 5.41) is 3.40. The Bertz CT molecular complexity index is 627. The van der Waals surface area contributed by atoms with Crippen LogP contribution in [0.3, 0.4) is 0 Å². The topological polar surface area (TPSA) is 59.6 Å². The fourth-order valence-corrected chi connectivity index (χ4v) is 2.05. The van der Waals surface area contributed by atoms with E-state index in [1.165, 1.54) is 31.7 Å². The number of urea groups is 1. The Hall–Kier alpha value is -2.26. The minimum atomic E-state index is -5.36. The summed E-state index contributed by atoms with van der Waals surface area (Å²) in [6, 6.07) is 1.25. The summed E-state index contributed by atoms with van der Waals surface area (Å²) in [4.78, 5) is 11.9. The van der Waals surface area contributed by atoms with Crippen molar-refractivity contribution in [3.8, 4) is 11.5 Å². The highest BCUT2D eigenvalue weighted by atomic mass is 19.4. The monoisotopic (exact) mass is 370 g/mol. The van der Waals surface area contributed by atoms with Crippen molar-refractivity contribution in [2.45, 2.75) is 38.4 Å². The second kappa shape index (κ2) is 6.93. The lowest BCUT2D eigenvalue weighted by Crippen LogP contribution is -2.66. The van der Waals surface area contributed by atoms with Crippen molar-refractivity contribution in [3.05, 3.63) is 17.7 Å². The zero-order chi connectivity index (χ0) is 19.6. The first-order chi connectivity index (χ1) is 11.3. The van der Waals surface area contributed by atoms with Crippen LogP contribution in [0.5, 0.6) is 11.5 Å². The first-order valence-electron chi connectivity index (χ1n) is 7.03. The SMILES string of the molecule is COc1cc(NC(=O)NC(C)(C(C)(F)F)C(F)(F)F)cc(C)c1OC. The molecular weight excluding hydrogens is 351 g/mol. The van der Waals surface area contributed by atoms with Gasteiger partial charge in [0.25, 0.3) is 5.92 Å². The fourth-order valence-electron chi connectivity index (χ4n) is 2.05. The Labute approximate surface area is 141 Å². The number of carbonyl (C=O) groups is 1. The van der Waals surface area contributed by atoms with Gasteiger partial charge in [0.2, 0.25) is 0 Å². The Balaban J connectivity index is 3.09. The molecule has 1 unspecified atom stereocenters. The average molecular weight is 370 g/mol. The summed E-state index contributed by atoms with van der Waals surface area (Å²) < 4.78 is 76.1. The molecule has 10 heteroatoms. The second-order valence-electron chi connectivity index (χ2n) is 5.62. The van der Waals surface area contributed by atoms with Gasteiger partial charge in [-0.1, -0.05) is 0 Å². The molecule has 2 N–H and O–H groups in total. The maximum Gasteiger partial charge on any atom is 0.417 e. The number of benzene rings is 1. The average Bonchev–Trinajstić information content (AvgIpc) is 2.43.